The number of rotatable bonds is 6. The maximum Gasteiger partial charge on any atom is 0.254 e. The van der Waals surface area contributed by atoms with Gasteiger partial charge in [-0.05, 0) is 36.4 Å². The lowest BCUT2D eigenvalue weighted by atomic mass is 9.99. The van der Waals surface area contributed by atoms with E-state index in [0.29, 0.717) is 17.9 Å². The number of hydrogen-bond donors (Lipinski definition) is 1. The van der Waals surface area contributed by atoms with Crippen LogP contribution in [0, 0.1) is 5.92 Å². The van der Waals surface area contributed by atoms with Crippen molar-refractivity contribution in [3.63, 3.8) is 0 Å². The predicted molar refractivity (Wildman–Crippen MR) is 119 cm³/mol. The van der Waals surface area contributed by atoms with Gasteiger partial charge in [-0.2, -0.15) is 0 Å². The van der Waals surface area contributed by atoms with Crippen LogP contribution in [0.4, 0.5) is 0 Å². The summed E-state index contributed by atoms with van der Waals surface area (Å²) >= 11 is 0. The van der Waals surface area contributed by atoms with Crippen molar-refractivity contribution in [1.82, 2.24) is 20.2 Å². The zero-order chi connectivity index (χ0) is 20.8. The van der Waals surface area contributed by atoms with Crippen molar-refractivity contribution < 1.29 is 4.79 Å². The molecule has 5 heteroatoms. The molecule has 5 nitrogen and oxygen atoms in total. The Morgan fingerprint density at radius 2 is 1.73 bits per heavy atom. The van der Waals surface area contributed by atoms with Crippen LogP contribution in [-0.4, -0.2) is 33.9 Å². The predicted octanol–water partition coefficient (Wildman–Crippen LogP) is 4.31. The van der Waals surface area contributed by atoms with E-state index in [0.717, 1.165) is 36.7 Å². The number of benzene rings is 2. The summed E-state index contributed by atoms with van der Waals surface area (Å²) in [6.07, 6.45) is 5.76. The summed E-state index contributed by atoms with van der Waals surface area (Å²) in [6, 6.07) is 18.1. The van der Waals surface area contributed by atoms with Crippen LogP contribution in [0.5, 0.6) is 0 Å². The van der Waals surface area contributed by atoms with E-state index in [1.165, 1.54) is 18.4 Å². The normalized spacial score (nSPS) is 16.9. The van der Waals surface area contributed by atoms with Crippen molar-refractivity contribution in [2.45, 2.75) is 32.9 Å². The minimum absolute atomic E-state index is 0.156. The first-order valence-corrected chi connectivity index (χ1v) is 10.6. The van der Waals surface area contributed by atoms with Gasteiger partial charge in [-0.1, -0.05) is 61.5 Å². The van der Waals surface area contributed by atoms with Crippen LogP contribution in [0.2, 0.25) is 0 Å². The van der Waals surface area contributed by atoms with Gasteiger partial charge in [-0.15, -0.1) is 0 Å². The molecule has 1 amide bonds. The van der Waals surface area contributed by atoms with Crippen LogP contribution in [0.15, 0.2) is 67.0 Å². The summed E-state index contributed by atoms with van der Waals surface area (Å²) in [7, 11) is 0. The van der Waals surface area contributed by atoms with E-state index < -0.39 is 0 Å². The van der Waals surface area contributed by atoms with Crippen LogP contribution >= 0.6 is 0 Å². The zero-order valence-corrected chi connectivity index (χ0v) is 17.4. The Kier molecular flexibility index (Phi) is 6.50. The van der Waals surface area contributed by atoms with Gasteiger partial charge in [0.1, 0.15) is 0 Å². The second kappa shape index (κ2) is 9.63. The molecule has 154 valence electrons. The third kappa shape index (κ3) is 5.10. The highest BCUT2D eigenvalue weighted by Gasteiger charge is 2.17. The van der Waals surface area contributed by atoms with Crippen LogP contribution in [0.25, 0.3) is 11.4 Å². The van der Waals surface area contributed by atoms with Gasteiger partial charge in [0.15, 0.2) is 5.82 Å². The van der Waals surface area contributed by atoms with Gasteiger partial charge in [0.2, 0.25) is 0 Å². The number of amides is 1. The molecule has 2 heterocycles. The molecule has 1 unspecified atom stereocenters. The third-order valence-electron chi connectivity index (χ3n) is 5.64. The fraction of sp³-hybridized carbons (Fsp3) is 0.320. The number of hydrogen-bond acceptors (Lipinski definition) is 4. The fourth-order valence-electron chi connectivity index (χ4n) is 4.01. The average Bonchev–Trinajstić information content (AvgIpc) is 2.79. The number of carbonyl (C=O) groups excluding carboxylic acids is 1. The molecule has 0 radical (unpaired) electrons. The molecule has 0 aliphatic carbocycles. The van der Waals surface area contributed by atoms with Gasteiger partial charge in [0, 0.05) is 37.6 Å². The number of nitrogens with zero attached hydrogens (tertiary/aromatic N) is 3. The summed E-state index contributed by atoms with van der Waals surface area (Å²) < 4.78 is 0. The molecular formula is C25H28N4O. The Morgan fingerprint density at radius 3 is 2.47 bits per heavy atom. The highest BCUT2D eigenvalue weighted by molar-refractivity contribution is 5.93. The summed E-state index contributed by atoms with van der Waals surface area (Å²) in [5, 5.41) is 3.02. The molecule has 1 aliphatic heterocycles. The second-order valence-electron chi connectivity index (χ2n) is 8.10. The van der Waals surface area contributed by atoms with Gasteiger partial charge in [-0.25, -0.2) is 9.97 Å². The van der Waals surface area contributed by atoms with Gasteiger partial charge >= 0.3 is 0 Å². The van der Waals surface area contributed by atoms with E-state index in [2.05, 4.69) is 45.3 Å². The number of nitrogens with one attached hydrogen (secondary N) is 1. The standard InChI is InChI=1S/C25H28N4O/c1-19-8-7-13-29(17-19)18-22-12-6-5-11-21(22)14-28-25(30)23-15-26-24(27-16-23)20-9-3-2-4-10-20/h2-6,9-12,15-16,19H,7-8,13-14,17-18H2,1H3,(H,28,30). The van der Waals surface area contributed by atoms with Crippen molar-refractivity contribution in [3.8, 4) is 11.4 Å². The fourth-order valence-corrected chi connectivity index (χ4v) is 4.01. The van der Waals surface area contributed by atoms with E-state index in [4.69, 9.17) is 0 Å². The highest BCUT2D eigenvalue weighted by atomic mass is 16.1. The summed E-state index contributed by atoms with van der Waals surface area (Å²) in [5.74, 6) is 1.22. The SMILES string of the molecule is CC1CCCN(Cc2ccccc2CNC(=O)c2cnc(-c3ccccc3)nc2)C1. The Balaban J connectivity index is 1.38. The molecule has 1 aliphatic rings. The molecule has 2 aromatic carbocycles. The van der Waals surface area contributed by atoms with Gasteiger partial charge in [-0.3, -0.25) is 9.69 Å². The van der Waals surface area contributed by atoms with Crippen LogP contribution in [-0.2, 0) is 13.1 Å². The number of likely N-dealkylation sites (tertiary alicyclic amines) is 1. The second-order valence-corrected chi connectivity index (χ2v) is 8.10. The third-order valence-corrected chi connectivity index (χ3v) is 5.64. The molecule has 0 spiro atoms. The molecule has 1 N–H and O–H groups in total. The van der Waals surface area contributed by atoms with Crippen molar-refractivity contribution in [2.24, 2.45) is 5.92 Å². The summed E-state index contributed by atoms with van der Waals surface area (Å²) in [6.45, 7) is 6.05. The van der Waals surface area contributed by atoms with Crippen molar-refractivity contribution >= 4 is 5.91 Å². The van der Waals surface area contributed by atoms with Crippen molar-refractivity contribution in [2.75, 3.05) is 13.1 Å². The number of carbonyl (C=O) groups is 1. The number of aromatic nitrogens is 2. The lowest BCUT2D eigenvalue weighted by molar-refractivity contribution is 0.0950. The highest BCUT2D eigenvalue weighted by Crippen LogP contribution is 2.20. The van der Waals surface area contributed by atoms with Gasteiger partial charge in [0.05, 0.1) is 5.56 Å². The van der Waals surface area contributed by atoms with E-state index in [9.17, 15) is 4.79 Å². The molecule has 0 bridgehead atoms. The Morgan fingerprint density at radius 1 is 1.03 bits per heavy atom. The van der Waals surface area contributed by atoms with Crippen molar-refractivity contribution in [3.05, 3.63) is 83.7 Å². The summed E-state index contributed by atoms with van der Waals surface area (Å²) in [4.78, 5) is 23.8. The Hall–Kier alpha value is -3.05. The van der Waals surface area contributed by atoms with Gasteiger partial charge < -0.3 is 5.32 Å². The topological polar surface area (TPSA) is 58.1 Å². The van der Waals surface area contributed by atoms with E-state index in [1.807, 2.05) is 36.4 Å². The minimum atomic E-state index is -0.156. The van der Waals surface area contributed by atoms with E-state index in [-0.39, 0.29) is 5.91 Å². The van der Waals surface area contributed by atoms with E-state index >= 15 is 0 Å². The van der Waals surface area contributed by atoms with E-state index in [1.54, 1.807) is 12.4 Å². The largest absolute Gasteiger partial charge is 0.348 e. The first kappa shape index (κ1) is 20.2. The van der Waals surface area contributed by atoms with Crippen LogP contribution in [0.1, 0.15) is 41.3 Å². The summed E-state index contributed by atoms with van der Waals surface area (Å²) in [5.41, 5.74) is 3.84. The first-order valence-electron chi connectivity index (χ1n) is 10.6. The monoisotopic (exact) mass is 400 g/mol. The Bertz CT molecular complexity index is 972. The molecule has 1 saturated heterocycles. The molecule has 0 saturated carbocycles. The maximum atomic E-state index is 12.6. The number of piperidine rings is 1. The smallest absolute Gasteiger partial charge is 0.254 e. The quantitative estimate of drug-likeness (QED) is 0.670. The Labute approximate surface area is 178 Å². The molecule has 3 aromatic rings. The molecule has 1 fully saturated rings. The zero-order valence-electron chi connectivity index (χ0n) is 17.4. The molecule has 1 atom stereocenters. The maximum absolute atomic E-state index is 12.6. The molecular weight excluding hydrogens is 372 g/mol. The van der Waals surface area contributed by atoms with Crippen LogP contribution in [0.3, 0.4) is 0 Å². The average molecular weight is 401 g/mol. The molecule has 30 heavy (non-hydrogen) atoms. The molecule has 4 rings (SSSR count). The van der Waals surface area contributed by atoms with Crippen molar-refractivity contribution in [1.29, 1.82) is 0 Å². The minimum Gasteiger partial charge on any atom is -0.348 e. The first-order chi connectivity index (χ1) is 14.7. The van der Waals surface area contributed by atoms with Crippen LogP contribution < -0.4 is 5.32 Å². The van der Waals surface area contributed by atoms with Gasteiger partial charge in [0.25, 0.3) is 5.91 Å². The molecule has 1 aromatic heterocycles. The lowest BCUT2D eigenvalue weighted by Crippen LogP contribution is -2.34. The lowest BCUT2D eigenvalue weighted by Gasteiger charge is -2.31.